The van der Waals surface area contributed by atoms with Crippen LogP contribution in [0.15, 0.2) is 65.8 Å². The van der Waals surface area contributed by atoms with Crippen LogP contribution in [-0.4, -0.2) is 18.7 Å². The smallest absolute Gasteiger partial charge is 0.271 e. The molecule has 5 nitrogen and oxygen atoms in total. The Kier molecular flexibility index (Phi) is 8.97. The lowest BCUT2D eigenvalue weighted by Gasteiger charge is -2.15. The van der Waals surface area contributed by atoms with E-state index < -0.39 is 0 Å². The molecule has 31 heavy (non-hydrogen) atoms. The summed E-state index contributed by atoms with van der Waals surface area (Å²) in [4.78, 5) is 12.2. The Hall–Kier alpha value is -1.85. The van der Waals surface area contributed by atoms with Gasteiger partial charge in [0, 0.05) is 14.2 Å². The second-order valence-electron chi connectivity index (χ2n) is 6.38. The van der Waals surface area contributed by atoms with E-state index in [9.17, 15) is 4.79 Å². The van der Waals surface area contributed by atoms with Gasteiger partial charge < -0.3 is 9.47 Å². The Morgan fingerprint density at radius 2 is 1.77 bits per heavy atom. The largest absolute Gasteiger partial charge is 0.490 e. The number of hydrogen-bond donors (Lipinski definition) is 1. The first-order chi connectivity index (χ1) is 15.0. The average molecular weight is 661 g/mol. The summed E-state index contributed by atoms with van der Waals surface area (Å²) in [6, 6.07) is 18.5. The molecule has 3 aromatic rings. The van der Waals surface area contributed by atoms with Gasteiger partial charge in [0.15, 0.2) is 11.5 Å². The van der Waals surface area contributed by atoms with Gasteiger partial charge in [0.05, 0.1) is 16.4 Å². The number of nitrogens with zero attached hydrogens (tertiary/aromatic N) is 1. The van der Waals surface area contributed by atoms with Crippen LogP contribution in [0.3, 0.4) is 0 Å². The number of carbonyl (C=O) groups is 1. The zero-order chi connectivity index (χ0) is 22.2. The first kappa shape index (κ1) is 23.8. The molecule has 1 amide bonds. The van der Waals surface area contributed by atoms with Crippen LogP contribution in [0.25, 0.3) is 0 Å². The molecule has 160 valence electrons. The number of carbonyl (C=O) groups excluding carboxylic acids is 1. The fourth-order valence-corrected chi connectivity index (χ4v) is 3.90. The predicted octanol–water partition coefficient (Wildman–Crippen LogP) is 6.29. The first-order valence-corrected chi connectivity index (χ1v) is 11.9. The number of halogens is 3. The lowest BCUT2D eigenvalue weighted by Crippen LogP contribution is -2.17. The summed E-state index contributed by atoms with van der Waals surface area (Å²) in [5.74, 6) is 1.02. The third-order valence-electron chi connectivity index (χ3n) is 4.11. The number of benzene rings is 3. The summed E-state index contributed by atoms with van der Waals surface area (Å²) < 4.78 is 13.7. The molecule has 0 aliphatic rings. The van der Waals surface area contributed by atoms with E-state index in [4.69, 9.17) is 21.1 Å². The van der Waals surface area contributed by atoms with Gasteiger partial charge >= 0.3 is 0 Å². The van der Waals surface area contributed by atoms with Gasteiger partial charge in [0.2, 0.25) is 0 Å². The highest BCUT2D eigenvalue weighted by Gasteiger charge is 2.12. The molecule has 0 atom stereocenters. The van der Waals surface area contributed by atoms with Gasteiger partial charge in [-0.1, -0.05) is 23.7 Å². The Labute approximate surface area is 213 Å². The van der Waals surface area contributed by atoms with Crippen LogP contribution in [0, 0.1) is 7.14 Å². The number of ether oxygens (including phenoxy) is 2. The van der Waals surface area contributed by atoms with Crippen molar-refractivity contribution in [3.8, 4) is 11.5 Å². The highest BCUT2D eigenvalue weighted by molar-refractivity contribution is 14.1. The van der Waals surface area contributed by atoms with Crippen molar-refractivity contribution >= 4 is 68.9 Å². The number of amides is 1. The summed E-state index contributed by atoms with van der Waals surface area (Å²) in [5, 5.41) is 4.76. The van der Waals surface area contributed by atoms with Crippen LogP contribution in [-0.2, 0) is 6.61 Å². The van der Waals surface area contributed by atoms with Crippen molar-refractivity contribution < 1.29 is 14.3 Å². The van der Waals surface area contributed by atoms with Crippen LogP contribution in [0.4, 0.5) is 0 Å². The molecule has 0 heterocycles. The summed E-state index contributed by atoms with van der Waals surface area (Å²) >= 11 is 10.3. The standard InChI is InChI=1S/C23H19ClI2N2O3/c1-2-30-21-12-16(13-27-28-23(29)17-5-9-19(25)10-6-17)11-20(26)22(21)31-14-15-3-7-18(24)8-4-15/h3-13H,2,14H2,1H3,(H,28,29)/b27-13-. The Bertz CT molecular complexity index is 1070. The molecule has 0 saturated heterocycles. The maximum Gasteiger partial charge on any atom is 0.271 e. The van der Waals surface area contributed by atoms with Crippen molar-refractivity contribution in [2.24, 2.45) is 5.10 Å². The van der Waals surface area contributed by atoms with Crippen LogP contribution >= 0.6 is 56.8 Å². The molecule has 8 heteroatoms. The maximum absolute atomic E-state index is 12.2. The zero-order valence-corrected chi connectivity index (χ0v) is 21.6. The van der Waals surface area contributed by atoms with Gasteiger partial charge in [0.1, 0.15) is 6.61 Å². The molecule has 0 aliphatic heterocycles. The van der Waals surface area contributed by atoms with Gasteiger partial charge in [-0.05, 0) is 112 Å². The fourth-order valence-electron chi connectivity index (χ4n) is 2.63. The second kappa shape index (κ2) is 11.7. The molecule has 0 spiro atoms. The third-order valence-corrected chi connectivity index (χ3v) is 5.89. The minimum atomic E-state index is -0.268. The molecule has 3 aromatic carbocycles. The molecule has 0 unspecified atom stereocenters. The third kappa shape index (κ3) is 7.08. The van der Waals surface area contributed by atoms with Gasteiger partial charge in [-0.3, -0.25) is 4.79 Å². The van der Waals surface area contributed by atoms with E-state index in [1.807, 2.05) is 55.5 Å². The molecule has 0 aliphatic carbocycles. The van der Waals surface area contributed by atoms with Crippen LogP contribution in [0.1, 0.15) is 28.4 Å². The Balaban J connectivity index is 1.71. The molecule has 0 radical (unpaired) electrons. The zero-order valence-electron chi connectivity index (χ0n) is 16.6. The van der Waals surface area contributed by atoms with Crippen molar-refractivity contribution in [3.63, 3.8) is 0 Å². The number of hydrogen-bond acceptors (Lipinski definition) is 4. The van der Waals surface area contributed by atoms with Crippen molar-refractivity contribution in [2.75, 3.05) is 6.61 Å². The van der Waals surface area contributed by atoms with Gasteiger partial charge in [-0.15, -0.1) is 0 Å². The van der Waals surface area contributed by atoms with E-state index in [0.717, 1.165) is 18.3 Å². The maximum atomic E-state index is 12.2. The van der Waals surface area contributed by atoms with E-state index in [0.29, 0.717) is 35.3 Å². The lowest BCUT2D eigenvalue weighted by molar-refractivity contribution is 0.0955. The molecule has 0 aromatic heterocycles. The molecular weight excluding hydrogens is 642 g/mol. The quantitative estimate of drug-likeness (QED) is 0.176. The molecule has 1 N–H and O–H groups in total. The van der Waals surface area contributed by atoms with Crippen LogP contribution in [0.2, 0.25) is 5.02 Å². The van der Waals surface area contributed by atoms with E-state index in [1.54, 1.807) is 18.3 Å². The molecule has 0 bridgehead atoms. The van der Waals surface area contributed by atoms with Crippen molar-refractivity contribution in [2.45, 2.75) is 13.5 Å². The Morgan fingerprint density at radius 1 is 1.06 bits per heavy atom. The minimum Gasteiger partial charge on any atom is -0.490 e. The Morgan fingerprint density at radius 3 is 2.45 bits per heavy atom. The molecular formula is C23H19ClI2N2O3. The van der Waals surface area contributed by atoms with Crippen molar-refractivity contribution in [1.29, 1.82) is 0 Å². The summed E-state index contributed by atoms with van der Waals surface area (Å²) in [6.45, 7) is 2.81. The van der Waals surface area contributed by atoms with Crippen molar-refractivity contribution in [1.82, 2.24) is 5.43 Å². The summed E-state index contributed by atoms with van der Waals surface area (Å²) in [6.07, 6.45) is 1.58. The average Bonchev–Trinajstić information content (AvgIpc) is 2.75. The van der Waals surface area contributed by atoms with E-state index in [2.05, 4.69) is 55.7 Å². The number of hydrazone groups is 1. The SMILES string of the molecule is CCOc1cc(/C=N\NC(=O)c2ccc(I)cc2)cc(I)c1OCc1ccc(Cl)cc1. The fraction of sp³-hybridized carbons (Fsp3) is 0.130. The van der Waals surface area contributed by atoms with E-state index >= 15 is 0 Å². The number of rotatable bonds is 8. The highest BCUT2D eigenvalue weighted by atomic mass is 127. The monoisotopic (exact) mass is 660 g/mol. The normalized spacial score (nSPS) is 10.8. The van der Waals surface area contributed by atoms with E-state index in [1.165, 1.54) is 0 Å². The highest BCUT2D eigenvalue weighted by Crippen LogP contribution is 2.34. The van der Waals surface area contributed by atoms with Crippen LogP contribution in [0.5, 0.6) is 11.5 Å². The van der Waals surface area contributed by atoms with Gasteiger partial charge in [-0.25, -0.2) is 5.43 Å². The molecule has 0 saturated carbocycles. The molecule has 3 rings (SSSR count). The lowest BCUT2D eigenvalue weighted by atomic mass is 10.2. The van der Waals surface area contributed by atoms with E-state index in [-0.39, 0.29) is 5.91 Å². The summed E-state index contributed by atoms with van der Waals surface area (Å²) in [5.41, 5.74) is 4.89. The molecule has 0 fully saturated rings. The van der Waals surface area contributed by atoms with Gasteiger partial charge in [0.25, 0.3) is 5.91 Å². The summed E-state index contributed by atoms with van der Waals surface area (Å²) in [7, 11) is 0. The van der Waals surface area contributed by atoms with Gasteiger partial charge in [-0.2, -0.15) is 5.10 Å². The minimum absolute atomic E-state index is 0.268. The topological polar surface area (TPSA) is 59.9 Å². The first-order valence-electron chi connectivity index (χ1n) is 9.39. The van der Waals surface area contributed by atoms with Crippen LogP contribution < -0.4 is 14.9 Å². The van der Waals surface area contributed by atoms with Crippen molar-refractivity contribution in [3.05, 3.63) is 89.5 Å². The second-order valence-corrected chi connectivity index (χ2v) is 9.23. The number of nitrogens with one attached hydrogen (secondary N) is 1. The predicted molar refractivity (Wildman–Crippen MR) is 140 cm³/mol.